The van der Waals surface area contributed by atoms with Gasteiger partial charge in [-0.05, 0) is 17.5 Å². The minimum Gasteiger partial charge on any atom is -0.399 e. The average Bonchev–Trinajstić information content (AvgIpc) is 2.38. The Bertz CT molecular complexity index is 672. The van der Waals surface area contributed by atoms with Crippen LogP contribution in [0.5, 0.6) is 0 Å². The van der Waals surface area contributed by atoms with Crippen LogP contribution in [0, 0.1) is 0 Å². The molecule has 0 spiro atoms. The molecule has 3 aromatic rings. The molecule has 0 fully saturated rings. The third kappa shape index (κ3) is 1.72. The summed E-state index contributed by atoms with van der Waals surface area (Å²) < 4.78 is 0. The zero-order chi connectivity index (χ0) is 11.7. The standard InChI is InChI=1S/C14H11N3/c15-11-5-6-17-14(7-11)13-9-16-8-10-3-1-2-4-12(10)13/h1-9H,(H2,15,17). The number of hydrogen-bond donors (Lipinski definition) is 1. The van der Waals surface area contributed by atoms with Gasteiger partial charge in [0.1, 0.15) is 0 Å². The Morgan fingerprint density at radius 1 is 1.00 bits per heavy atom. The first kappa shape index (κ1) is 9.78. The van der Waals surface area contributed by atoms with Gasteiger partial charge >= 0.3 is 0 Å². The molecular weight excluding hydrogens is 210 g/mol. The summed E-state index contributed by atoms with van der Waals surface area (Å²) in [5.74, 6) is 0. The average molecular weight is 221 g/mol. The van der Waals surface area contributed by atoms with Crippen LogP contribution in [-0.4, -0.2) is 9.97 Å². The van der Waals surface area contributed by atoms with Crippen LogP contribution in [0.4, 0.5) is 5.69 Å². The van der Waals surface area contributed by atoms with Gasteiger partial charge in [0.2, 0.25) is 0 Å². The predicted octanol–water partition coefficient (Wildman–Crippen LogP) is 2.88. The third-order valence-corrected chi connectivity index (χ3v) is 2.73. The summed E-state index contributed by atoms with van der Waals surface area (Å²) in [6.07, 6.45) is 5.39. The number of anilines is 1. The van der Waals surface area contributed by atoms with Crippen LogP contribution >= 0.6 is 0 Å². The zero-order valence-electron chi connectivity index (χ0n) is 9.17. The molecule has 3 nitrogen and oxygen atoms in total. The van der Waals surface area contributed by atoms with E-state index in [1.54, 1.807) is 12.3 Å². The highest BCUT2D eigenvalue weighted by atomic mass is 14.7. The molecule has 0 bridgehead atoms. The fourth-order valence-corrected chi connectivity index (χ4v) is 1.91. The molecule has 2 aromatic heterocycles. The first-order chi connectivity index (χ1) is 8.34. The van der Waals surface area contributed by atoms with Gasteiger partial charge in [0.05, 0.1) is 5.69 Å². The first-order valence-corrected chi connectivity index (χ1v) is 5.39. The van der Waals surface area contributed by atoms with E-state index < -0.39 is 0 Å². The Hall–Kier alpha value is -2.42. The number of nitrogens with zero attached hydrogens (tertiary/aromatic N) is 2. The summed E-state index contributed by atoms with van der Waals surface area (Å²) in [4.78, 5) is 8.58. The molecule has 0 saturated carbocycles. The Kier molecular flexibility index (Phi) is 2.22. The van der Waals surface area contributed by atoms with E-state index in [1.165, 1.54) is 0 Å². The Morgan fingerprint density at radius 2 is 1.88 bits per heavy atom. The molecule has 0 aliphatic carbocycles. The van der Waals surface area contributed by atoms with Crippen LogP contribution in [0.1, 0.15) is 0 Å². The Labute approximate surface area is 98.9 Å². The number of fused-ring (bicyclic) bond motifs is 1. The lowest BCUT2D eigenvalue weighted by molar-refractivity contribution is 1.30. The van der Waals surface area contributed by atoms with E-state index in [4.69, 9.17) is 5.73 Å². The van der Waals surface area contributed by atoms with Crippen LogP contribution in [0.15, 0.2) is 55.0 Å². The highest BCUT2D eigenvalue weighted by molar-refractivity contribution is 5.95. The lowest BCUT2D eigenvalue weighted by atomic mass is 10.0. The van der Waals surface area contributed by atoms with Crippen LogP contribution in [0.2, 0.25) is 0 Å². The largest absolute Gasteiger partial charge is 0.399 e. The van der Waals surface area contributed by atoms with Gasteiger partial charge in [0.15, 0.2) is 0 Å². The minimum atomic E-state index is 0.711. The number of nitrogens with two attached hydrogens (primary N) is 1. The molecule has 3 rings (SSSR count). The molecule has 17 heavy (non-hydrogen) atoms. The van der Waals surface area contributed by atoms with Crippen molar-refractivity contribution >= 4 is 16.5 Å². The van der Waals surface area contributed by atoms with Crippen molar-refractivity contribution in [2.24, 2.45) is 0 Å². The van der Waals surface area contributed by atoms with E-state index in [0.29, 0.717) is 5.69 Å². The summed E-state index contributed by atoms with van der Waals surface area (Å²) in [5, 5.41) is 2.25. The number of benzene rings is 1. The quantitative estimate of drug-likeness (QED) is 0.687. The number of rotatable bonds is 1. The maximum atomic E-state index is 5.78. The molecule has 1 aromatic carbocycles. The highest BCUT2D eigenvalue weighted by Gasteiger charge is 2.05. The van der Waals surface area contributed by atoms with Gasteiger partial charge in [-0.15, -0.1) is 0 Å². The van der Waals surface area contributed by atoms with E-state index in [1.807, 2.05) is 36.7 Å². The normalized spacial score (nSPS) is 10.6. The van der Waals surface area contributed by atoms with Gasteiger partial charge in [-0.25, -0.2) is 0 Å². The Morgan fingerprint density at radius 3 is 2.76 bits per heavy atom. The summed E-state index contributed by atoms with van der Waals surface area (Å²) in [6.45, 7) is 0. The smallest absolute Gasteiger partial charge is 0.0744 e. The van der Waals surface area contributed by atoms with Crippen molar-refractivity contribution < 1.29 is 0 Å². The molecule has 0 amide bonds. The number of nitrogen functional groups attached to an aromatic ring is 1. The summed E-state index contributed by atoms with van der Waals surface area (Å²) in [5.41, 5.74) is 8.36. The van der Waals surface area contributed by atoms with Gasteiger partial charge in [-0.1, -0.05) is 24.3 Å². The van der Waals surface area contributed by atoms with E-state index in [-0.39, 0.29) is 0 Å². The Balaban J connectivity index is 2.30. The fraction of sp³-hybridized carbons (Fsp3) is 0. The molecule has 0 unspecified atom stereocenters. The summed E-state index contributed by atoms with van der Waals surface area (Å²) >= 11 is 0. The highest BCUT2D eigenvalue weighted by Crippen LogP contribution is 2.26. The third-order valence-electron chi connectivity index (χ3n) is 2.73. The van der Waals surface area contributed by atoms with E-state index in [0.717, 1.165) is 22.0 Å². The van der Waals surface area contributed by atoms with Gasteiger partial charge < -0.3 is 5.73 Å². The van der Waals surface area contributed by atoms with Crippen LogP contribution in [0.3, 0.4) is 0 Å². The molecule has 2 N–H and O–H groups in total. The second-order valence-electron chi connectivity index (χ2n) is 3.88. The van der Waals surface area contributed by atoms with Crippen LogP contribution in [0.25, 0.3) is 22.0 Å². The van der Waals surface area contributed by atoms with Crippen molar-refractivity contribution in [3.05, 3.63) is 55.0 Å². The van der Waals surface area contributed by atoms with Gasteiger partial charge in [-0.3, -0.25) is 9.97 Å². The second kappa shape index (κ2) is 3.87. The van der Waals surface area contributed by atoms with Crippen LogP contribution < -0.4 is 5.73 Å². The zero-order valence-corrected chi connectivity index (χ0v) is 9.17. The van der Waals surface area contributed by atoms with E-state index in [2.05, 4.69) is 16.0 Å². The fourth-order valence-electron chi connectivity index (χ4n) is 1.91. The molecule has 0 saturated heterocycles. The maximum Gasteiger partial charge on any atom is 0.0744 e. The van der Waals surface area contributed by atoms with Gasteiger partial charge in [0.25, 0.3) is 0 Å². The topological polar surface area (TPSA) is 51.8 Å². The summed E-state index contributed by atoms with van der Waals surface area (Å²) in [6, 6.07) is 11.8. The number of pyridine rings is 2. The molecule has 0 atom stereocenters. The van der Waals surface area contributed by atoms with Gasteiger partial charge in [0, 0.05) is 35.2 Å². The van der Waals surface area contributed by atoms with Crippen molar-refractivity contribution in [3.8, 4) is 11.3 Å². The lowest BCUT2D eigenvalue weighted by Crippen LogP contribution is -1.90. The van der Waals surface area contributed by atoms with Crippen molar-refractivity contribution in [2.75, 3.05) is 5.73 Å². The lowest BCUT2D eigenvalue weighted by Gasteiger charge is -2.05. The molecule has 0 radical (unpaired) electrons. The monoisotopic (exact) mass is 221 g/mol. The summed E-state index contributed by atoms with van der Waals surface area (Å²) in [7, 11) is 0. The second-order valence-corrected chi connectivity index (χ2v) is 3.88. The molecule has 3 heteroatoms. The minimum absolute atomic E-state index is 0.711. The van der Waals surface area contributed by atoms with E-state index in [9.17, 15) is 0 Å². The van der Waals surface area contributed by atoms with Crippen LogP contribution in [-0.2, 0) is 0 Å². The van der Waals surface area contributed by atoms with Crippen molar-refractivity contribution in [1.29, 1.82) is 0 Å². The van der Waals surface area contributed by atoms with Gasteiger partial charge in [-0.2, -0.15) is 0 Å². The molecule has 0 aliphatic rings. The predicted molar refractivity (Wildman–Crippen MR) is 69.4 cm³/mol. The molecule has 0 aliphatic heterocycles. The number of aromatic nitrogens is 2. The molecule has 82 valence electrons. The number of hydrogen-bond acceptors (Lipinski definition) is 3. The first-order valence-electron chi connectivity index (χ1n) is 5.39. The van der Waals surface area contributed by atoms with E-state index >= 15 is 0 Å². The SMILES string of the molecule is Nc1ccnc(-c2cncc3ccccc23)c1. The van der Waals surface area contributed by atoms with Crippen molar-refractivity contribution in [1.82, 2.24) is 9.97 Å². The molecular formula is C14H11N3. The molecule has 2 heterocycles. The maximum absolute atomic E-state index is 5.78. The van der Waals surface area contributed by atoms with Crippen molar-refractivity contribution in [3.63, 3.8) is 0 Å². The van der Waals surface area contributed by atoms with Crippen molar-refractivity contribution in [2.45, 2.75) is 0 Å².